The van der Waals surface area contributed by atoms with Crippen LogP contribution >= 0.6 is 11.3 Å². The number of nitrogens with zero attached hydrogens (tertiary/aromatic N) is 3. The van der Waals surface area contributed by atoms with E-state index in [4.69, 9.17) is 0 Å². The van der Waals surface area contributed by atoms with E-state index in [-0.39, 0.29) is 10.7 Å². The van der Waals surface area contributed by atoms with Crippen molar-refractivity contribution in [2.24, 2.45) is 0 Å². The number of esters is 1. The molecule has 9 heteroatoms. The van der Waals surface area contributed by atoms with Crippen LogP contribution in [0, 0.1) is 0 Å². The molecule has 0 saturated carbocycles. The highest BCUT2D eigenvalue weighted by atomic mass is 32.1. The van der Waals surface area contributed by atoms with Gasteiger partial charge >= 0.3 is 12.1 Å². The minimum atomic E-state index is -4.57. The van der Waals surface area contributed by atoms with Gasteiger partial charge in [-0.3, -0.25) is 4.98 Å². The first-order chi connectivity index (χ1) is 8.91. The summed E-state index contributed by atoms with van der Waals surface area (Å²) in [6, 6.07) is 0. The Hall–Kier alpha value is -2.03. The van der Waals surface area contributed by atoms with Crippen molar-refractivity contribution in [2.75, 3.05) is 7.11 Å². The van der Waals surface area contributed by atoms with E-state index in [1.165, 1.54) is 19.5 Å². The van der Waals surface area contributed by atoms with Gasteiger partial charge in [0.05, 0.1) is 24.4 Å². The lowest BCUT2D eigenvalue weighted by Gasteiger charge is -2.05. The van der Waals surface area contributed by atoms with Gasteiger partial charge in [-0.1, -0.05) is 0 Å². The second-order valence-electron chi connectivity index (χ2n) is 3.31. The number of thiazole rings is 1. The van der Waals surface area contributed by atoms with E-state index in [2.05, 4.69) is 19.7 Å². The van der Waals surface area contributed by atoms with Crippen LogP contribution in [0.25, 0.3) is 10.6 Å². The monoisotopic (exact) mass is 289 g/mol. The van der Waals surface area contributed by atoms with Gasteiger partial charge in [-0.05, 0) is 0 Å². The van der Waals surface area contributed by atoms with Crippen LogP contribution in [0.2, 0.25) is 0 Å². The smallest absolute Gasteiger partial charge is 0.434 e. The number of methoxy groups -OCH3 is 1. The number of carbonyl (C=O) groups excluding carboxylic acids is 1. The zero-order valence-corrected chi connectivity index (χ0v) is 10.2. The Morgan fingerprint density at radius 2 is 2.05 bits per heavy atom. The normalized spacial score (nSPS) is 11.4. The van der Waals surface area contributed by atoms with Gasteiger partial charge in [-0.15, -0.1) is 11.3 Å². The fourth-order valence-corrected chi connectivity index (χ4v) is 1.98. The van der Waals surface area contributed by atoms with E-state index in [0.717, 1.165) is 11.3 Å². The zero-order chi connectivity index (χ0) is 14.0. The second-order valence-corrected chi connectivity index (χ2v) is 4.34. The molecule has 0 fully saturated rings. The third kappa shape index (κ3) is 2.87. The Morgan fingerprint density at radius 1 is 1.32 bits per heavy atom. The number of aromatic nitrogens is 3. The number of rotatable bonds is 2. The van der Waals surface area contributed by atoms with Crippen molar-refractivity contribution in [3.63, 3.8) is 0 Å². The Balaban J connectivity index is 2.37. The summed E-state index contributed by atoms with van der Waals surface area (Å²) in [5.74, 6) is -0.656. The van der Waals surface area contributed by atoms with Gasteiger partial charge in [-0.2, -0.15) is 13.2 Å². The van der Waals surface area contributed by atoms with E-state index in [1.807, 2.05) is 0 Å². The molecule has 2 aromatic rings. The fraction of sp³-hybridized carbons (Fsp3) is 0.200. The first-order valence-electron chi connectivity index (χ1n) is 4.85. The molecule has 2 heterocycles. The Morgan fingerprint density at radius 3 is 2.68 bits per heavy atom. The van der Waals surface area contributed by atoms with Gasteiger partial charge in [0.15, 0.2) is 5.69 Å². The maximum atomic E-state index is 12.5. The van der Waals surface area contributed by atoms with Gasteiger partial charge in [0.25, 0.3) is 0 Å². The van der Waals surface area contributed by atoms with Gasteiger partial charge < -0.3 is 4.74 Å². The third-order valence-electron chi connectivity index (χ3n) is 2.04. The molecule has 2 rings (SSSR count). The van der Waals surface area contributed by atoms with Crippen LogP contribution in [0.4, 0.5) is 13.2 Å². The number of carbonyl (C=O) groups is 1. The molecule has 0 amide bonds. The van der Waals surface area contributed by atoms with Crippen LogP contribution < -0.4 is 0 Å². The van der Waals surface area contributed by atoms with Crippen LogP contribution in [-0.4, -0.2) is 28.0 Å². The summed E-state index contributed by atoms with van der Waals surface area (Å²) in [5, 5.41) is 0.0386. The molecule has 0 atom stereocenters. The Kier molecular flexibility index (Phi) is 3.47. The first-order valence-corrected chi connectivity index (χ1v) is 5.67. The summed E-state index contributed by atoms with van der Waals surface area (Å²) in [5.41, 5.74) is -1.10. The van der Waals surface area contributed by atoms with Crippen molar-refractivity contribution in [3.8, 4) is 10.6 Å². The number of hydrogen-bond acceptors (Lipinski definition) is 6. The minimum absolute atomic E-state index is 0.00229. The standard InChI is InChI=1S/C10H6F3N3O2S/c1-18-9(17)8-15-3-6(19-8)5-2-14-4-7(16-5)10(11,12)13/h2-4H,1H3. The quantitative estimate of drug-likeness (QED) is 0.794. The average Bonchev–Trinajstić information content (AvgIpc) is 2.86. The van der Waals surface area contributed by atoms with E-state index in [1.54, 1.807) is 0 Å². The van der Waals surface area contributed by atoms with Crippen molar-refractivity contribution in [1.29, 1.82) is 0 Å². The van der Waals surface area contributed by atoms with Crippen LogP contribution in [-0.2, 0) is 10.9 Å². The topological polar surface area (TPSA) is 65.0 Å². The molecule has 0 N–H and O–H groups in total. The van der Waals surface area contributed by atoms with Crippen molar-refractivity contribution in [2.45, 2.75) is 6.18 Å². The number of ether oxygens (including phenoxy) is 1. The molecule has 0 spiro atoms. The summed E-state index contributed by atoms with van der Waals surface area (Å²) < 4.78 is 41.9. The van der Waals surface area contributed by atoms with Gasteiger partial charge in [0.2, 0.25) is 5.01 Å². The summed E-state index contributed by atoms with van der Waals surface area (Å²) >= 11 is 0.882. The third-order valence-corrected chi connectivity index (χ3v) is 3.04. The lowest BCUT2D eigenvalue weighted by molar-refractivity contribution is -0.141. The lowest BCUT2D eigenvalue weighted by atomic mass is 10.3. The minimum Gasteiger partial charge on any atom is -0.464 e. The van der Waals surface area contributed by atoms with E-state index in [9.17, 15) is 18.0 Å². The van der Waals surface area contributed by atoms with Crippen LogP contribution in [0.1, 0.15) is 15.5 Å². The molecule has 19 heavy (non-hydrogen) atoms. The molecular weight excluding hydrogens is 283 g/mol. The van der Waals surface area contributed by atoms with Crippen LogP contribution in [0.5, 0.6) is 0 Å². The van der Waals surface area contributed by atoms with Crippen molar-refractivity contribution >= 4 is 17.3 Å². The second kappa shape index (κ2) is 4.92. The van der Waals surface area contributed by atoms with Crippen molar-refractivity contribution < 1.29 is 22.7 Å². The maximum Gasteiger partial charge on any atom is 0.434 e. The Bertz CT molecular complexity index is 612. The molecule has 0 bridgehead atoms. The molecule has 2 aromatic heterocycles. The van der Waals surface area contributed by atoms with E-state index in [0.29, 0.717) is 11.1 Å². The zero-order valence-electron chi connectivity index (χ0n) is 9.43. The summed E-state index contributed by atoms with van der Waals surface area (Å²) in [4.78, 5) is 22.2. The molecule has 0 unspecified atom stereocenters. The number of halogens is 3. The molecule has 0 radical (unpaired) electrons. The predicted octanol–water partition coefficient (Wildman–Crippen LogP) is 2.41. The first kappa shape index (κ1) is 13.4. The predicted molar refractivity (Wildman–Crippen MR) is 59.5 cm³/mol. The average molecular weight is 289 g/mol. The molecule has 0 aromatic carbocycles. The van der Waals surface area contributed by atoms with Crippen LogP contribution in [0.3, 0.4) is 0 Å². The highest BCUT2D eigenvalue weighted by Gasteiger charge is 2.33. The molecule has 5 nitrogen and oxygen atoms in total. The van der Waals surface area contributed by atoms with Crippen molar-refractivity contribution in [3.05, 3.63) is 29.3 Å². The molecule has 0 saturated heterocycles. The summed E-state index contributed by atoms with van der Waals surface area (Å²) in [6.07, 6.45) is -1.52. The number of hydrogen-bond donors (Lipinski definition) is 0. The molecule has 0 aliphatic heterocycles. The summed E-state index contributed by atoms with van der Waals surface area (Å²) in [6.45, 7) is 0. The molecular formula is C10H6F3N3O2S. The fourth-order valence-electron chi connectivity index (χ4n) is 1.20. The Labute approximate surface area is 109 Å². The van der Waals surface area contributed by atoms with Gasteiger partial charge in [0.1, 0.15) is 5.69 Å². The van der Waals surface area contributed by atoms with Gasteiger partial charge in [-0.25, -0.2) is 14.8 Å². The van der Waals surface area contributed by atoms with Crippen molar-refractivity contribution in [1.82, 2.24) is 15.0 Å². The SMILES string of the molecule is COC(=O)c1ncc(-c2cncc(C(F)(F)F)n2)s1. The highest BCUT2D eigenvalue weighted by molar-refractivity contribution is 7.16. The molecule has 0 aliphatic rings. The summed E-state index contributed by atoms with van der Waals surface area (Å²) in [7, 11) is 1.19. The lowest BCUT2D eigenvalue weighted by Crippen LogP contribution is -2.08. The molecule has 100 valence electrons. The highest BCUT2D eigenvalue weighted by Crippen LogP contribution is 2.30. The largest absolute Gasteiger partial charge is 0.464 e. The van der Waals surface area contributed by atoms with Gasteiger partial charge in [0, 0.05) is 6.20 Å². The van der Waals surface area contributed by atoms with E-state index >= 15 is 0 Å². The van der Waals surface area contributed by atoms with E-state index < -0.39 is 17.8 Å². The maximum absolute atomic E-state index is 12.5. The molecule has 0 aliphatic carbocycles. The number of alkyl halides is 3. The van der Waals surface area contributed by atoms with Crippen LogP contribution in [0.15, 0.2) is 18.6 Å².